The SMILES string of the molecule is Nc1ccc([N+](=O)[O-])cc1[N+](=O)[O-].Nc1ccccc1. The van der Waals surface area contributed by atoms with E-state index in [1.165, 1.54) is 0 Å². The molecule has 0 fully saturated rings. The molecule has 0 heterocycles. The van der Waals surface area contributed by atoms with Crippen LogP contribution in [0.1, 0.15) is 0 Å². The number of nitrogens with two attached hydrogens (primary N) is 2. The fourth-order valence-corrected chi connectivity index (χ4v) is 1.26. The maximum atomic E-state index is 10.3. The second kappa shape index (κ2) is 6.69. The van der Waals surface area contributed by atoms with Gasteiger partial charge >= 0.3 is 0 Å². The van der Waals surface area contributed by atoms with Crippen molar-refractivity contribution in [1.82, 2.24) is 0 Å². The van der Waals surface area contributed by atoms with Crippen LogP contribution in [0.5, 0.6) is 0 Å². The van der Waals surface area contributed by atoms with Crippen LogP contribution in [0.15, 0.2) is 48.5 Å². The molecule has 0 amide bonds. The molecule has 0 bridgehead atoms. The van der Waals surface area contributed by atoms with E-state index in [4.69, 9.17) is 11.5 Å². The number of nitro groups is 2. The molecule has 0 atom stereocenters. The summed E-state index contributed by atoms with van der Waals surface area (Å²) < 4.78 is 0. The topological polar surface area (TPSA) is 138 Å². The van der Waals surface area contributed by atoms with Crippen LogP contribution < -0.4 is 11.5 Å². The van der Waals surface area contributed by atoms with E-state index in [0.717, 1.165) is 23.9 Å². The third-order valence-electron chi connectivity index (χ3n) is 2.22. The molecule has 104 valence electrons. The number of hydrogen-bond donors (Lipinski definition) is 2. The molecule has 2 aromatic rings. The number of nitrogen functional groups attached to an aromatic ring is 2. The number of rotatable bonds is 2. The molecule has 2 aromatic carbocycles. The molecule has 2 rings (SSSR count). The lowest BCUT2D eigenvalue weighted by Gasteiger charge is -1.95. The highest BCUT2D eigenvalue weighted by Gasteiger charge is 2.16. The third kappa shape index (κ3) is 4.26. The predicted octanol–water partition coefficient (Wildman–Crippen LogP) is 2.35. The van der Waals surface area contributed by atoms with Crippen molar-refractivity contribution < 1.29 is 9.85 Å². The normalized spacial score (nSPS) is 9.20. The Morgan fingerprint density at radius 1 is 0.850 bits per heavy atom. The molecular formula is C12H12N4O4. The number of para-hydroxylation sites is 1. The molecule has 8 nitrogen and oxygen atoms in total. The average Bonchev–Trinajstić information content (AvgIpc) is 2.40. The Morgan fingerprint density at radius 2 is 1.45 bits per heavy atom. The van der Waals surface area contributed by atoms with Gasteiger partial charge in [0.05, 0.1) is 15.9 Å². The minimum atomic E-state index is -0.762. The Bertz CT molecular complexity index is 616. The van der Waals surface area contributed by atoms with Crippen molar-refractivity contribution in [2.75, 3.05) is 11.5 Å². The zero-order valence-electron chi connectivity index (χ0n) is 10.3. The van der Waals surface area contributed by atoms with Crippen LogP contribution in [0.4, 0.5) is 22.7 Å². The van der Waals surface area contributed by atoms with Crippen LogP contribution in [0.25, 0.3) is 0 Å². The van der Waals surface area contributed by atoms with Gasteiger partial charge in [-0.05, 0) is 18.2 Å². The van der Waals surface area contributed by atoms with Crippen molar-refractivity contribution in [3.05, 3.63) is 68.8 Å². The molecule has 0 spiro atoms. The van der Waals surface area contributed by atoms with Gasteiger partial charge in [-0.2, -0.15) is 0 Å². The van der Waals surface area contributed by atoms with Gasteiger partial charge in [0.25, 0.3) is 11.4 Å². The Morgan fingerprint density at radius 3 is 1.85 bits per heavy atom. The van der Waals surface area contributed by atoms with E-state index in [1.807, 2.05) is 30.3 Å². The predicted molar refractivity (Wildman–Crippen MR) is 75.0 cm³/mol. The average molecular weight is 276 g/mol. The minimum absolute atomic E-state index is 0.0874. The minimum Gasteiger partial charge on any atom is -0.399 e. The first kappa shape index (κ1) is 14.9. The summed E-state index contributed by atoms with van der Waals surface area (Å²) in [7, 11) is 0. The van der Waals surface area contributed by atoms with Crippen LogP contribution in [0, 0.1) is 20.2 Å². The van der Waals surface area contributed by atoms with Crippen molar-refractivity contribution in [3.63, 3.8) is 0 Å². The highest BCUT2D eigenvalue weighted by atomic mass is 16.6. The van der Waals surface area contributed by atoms with E-state index in [1.54, 1.807) is 0 Å². The number of anilines is 2. The molecule has 0 radical (unpaired) electrons. The number of hydrogen-bond acceptors (Lipinski definition) is 6. The van der Waals surface area contributed by atoms with Crippen LogP contribution >= 0.6 is 0 Å². The van der Waals surface area contributed by atoms with Crippen LogP contribution in [-0.4, -0.2) is 9.85 Å². The molecule has 0 saturated carbocycles. The van der Waals surface area contributed by atoms with Gasteiger partial charge in [-0.3, -0.25) is 20.2 Å². The van der Waals surface area contributed by atoms with Crippen molar-refractivity contribution >= 4 is 22.7 Å². The van der Waals surface area contributed by atoms with Gasteiger partial charge in [0.2, 0.25) is 0 Å². The molecule has 0 saturated heterocycles. The van der Waals surface area contributed by atoms with Gasteiger partial charge in [0.15, 0.2) is 0 Å². The lowest BCUT2D eigenvalue weighted by atomic mass is 10.2. The first-order valence-electron chi connectivity index (χ1n) is 5.40. The summed E-state index contributed by atoms with van der Waals surface area (Å²) in [6, 6.07) is 12.6. The molecular weight excluding hydrogens is 264 g/mol. The van der Waals surface area contributed by atoms with Crippen molar-refractivity contribution in [1.29, 1.82) is 0 Å². The van der Waals surface area contributed by atoms with E-state index in [9.17, 15) is 20.2 Å². The number of benzene rings is 2. The molecule has 0 unspecified atom stereocenters. The lowest BCUT2D eigenvalue weighted by Crippen LogP contribution is -1.97. The molecule has 0 aliphatic heterocycles. The van der Waals surface area contributed by atoms with Gasteiger partial charge in [-0.15, -0.1) is 0 Å². The summed E-state index contributed by atoms with van der Waals surface area (Å²) in [5.74, 6) is 0. The largest absolute Gasteiger partial charge is 0.399 e. The number of non-ortho nitro benzene ring substituents is 1. The van der Waals surface area contributed by atoms with Crippen LogP contribution in [0.3, 0.4) is 0 Å². The number of nitrogens with zero attached hydrogens (tertiary/aromatic N) is 2. The fraction of sp³-hybridized carbons (Fsp3) is 0. The van der Waals surface area contributed by atoms with Gasteiger partial charge in [0.1, 0.15) is 5.69 Å². The van der Waals surface area contributed by atoms with E-state index < -0.39 is 15.5 Å². The van der Waals surface area contributed by atoms with Crippen LogP contribution in [-0.2, 0) is 0 Å². The maximum Gasteiger partial charge on any atom is 0.298 e. The monoisotopic (exact) mass is 276 g/mol. The standard InChI is InChI=1S/C6H5N3O4.C6H7N/c7-5-2-1-4(8(10)11)3-6(5)9(12)13;7-6-4-2-1-3-5-6/h1-3H,7H2;1-5H,7H2. The van der Waals surface area contributed by atoms with E-state index in [0.29, 0.717) is 0 Å². The van der Waals surface area contributed by atoms with Gasteiger partial charge in [-0.25, -0.2) is 0 Å². The Kier molecular flexibility index (Phi) is 4.98. The Labute approximate surface area is 113 Å². The molecule has 0 aliphatic carbocycles. The van der Waals surface area contributed by atoms with Gasteiger partial charge in [-0.1, -0.05) is 18.2 Å². The first-order chi connectivity index (χ1) is 9.41. The molecule has 20 heavy (non-hydrogen) atoms. The Balaban J connectivity index is 0.000000240. The van der Waals surface area contributed by atoms with Crippen LogP contribution in [0.2, 0.25) is 0 Å². The van der Waals surface area contributed by atoms with Crippen molar-refractivity contribution in [3.8, 4) is 0 Å². The Hall–Kier alpha value is -3.16. The summed E-state index contributed by atoms with van der Waals surface area (Å²) in [6.07, 6.45) is 0. The smallest absolute Gasteiger partial charge is 0.298 e. The molecule has 8 heteroatoms. The summed E-state index contributed by atoms with van der Waals surface area (Å²) in [5.41, 5.74) is 10.5. The lowest BCUT2D eigenvalue weighted by molar-refractivity contribution is -0.393. The number of nitro benzene ring substituents is 2. The summed E-state index contributed by atoms with van der Waals surface area (Å²) in [6.45, 7) is 0. The van der Waals surface area contributed by atoms with Crippen molar-refractivity contribution in [2.45, 2.75) is 0 Å². The summed E-state index contributed by atoms with van der Waals surface area (Å²) in [4.78, 5) is 19.1. The first-order valence-corrected chi connectivity index (χ1v) is 5.40. The second-order valence-electron chi connectivity index (χ2n) is 3.67. The van der Waals surface area contributed by atoms with Gasteiger partial charge < -0.3 is 11.5 Å². The zero-order chi connectivity index (χ0) is 15.1. The zero-order valence-corrected chi connectivity index (χ0v) is 10.3. The van der Waals surface area contributed by atoms with Gasteiger partial charge in [0, 0.05) is 11.8 Å². The quantitative estimate of drug-likeness (QED) is 0.490. The summed E-state index contributed by atoms with van der Waals surface area (Å²) >= 11 is 0. The van der Waals surface area contributed by atoms with E-state index in [-0.39, 0.29) is 11.4 Å². The molecule has 0 aromatic heterocycles. The van der Waals surface area contributed by atoms with Crippen molar-refractivity contribution in [2.24, 2.45) is 0 Å². The highest BCUT2D eigenvalue weighted by molar-refractivity contribution is 5.62. The third-order valence-corrected chi connectivity index (χ3v) is 2.22. The maximum absolute atomic E-state index is 10.3. The van der Waals surface area contributed by atoms with E-state index >= 15 is 0 Å². The highest BCUT2D eigenvalue weighted by Crippen LogP contribution is 2.25. The second-order valence-corrected chi connectivity index (χ2v) is 3.67. The summed E-state index contributed by atoms with van der Waals surface area (Å²) in [5, 5.41) is 20.5. The molecule has 4 N–H and O–H groups in total. The molecule has 0 aliphatic rings. The van der Waals surface area contributed by atoms with E-state index in [2.05, 4.69) is 0 Å². The fourth-order valence-electron chi connectivity index (χ4n) is 1.26.